The largest absolute Gasteiger partial charge is 0.220 e. The van der Waals surface area contributed by atoms with Crippen molar-refractivity contribution in [3.63, 3.8) is 0 Å². The van der Waals surface area contributed by atoms with E-state index in [4.69, 9.17) is 0 Å². The number of allylic oxidation sites excluding steroid dienone is 2. The monoisotopic (exact) mass is 209 g/mol. The number of nitrogens with zero attached hydrogens (tertiary/aromatic N) is 1. The Bertz CT molecular complexity index is 94.3. The van der Waals surface area contributed by atoms with Crippen LogP contribution >= 0.6 is 22.9 Å². The van der Waals surface area contributed by atoms with E-state index < -0.39 is 0 Å². The van der Waals surface area contributed by atoms with Crippen molar-refractivity contribution in [1.82, 2.24) is 0 Å². The third kappa shape index (κ3) is 3.98. The smallest absolute Gasteiger partial charge is 0.0834 e. The summed E-state index contributed by atoms with van der Waals surface area (Å²) in [5.41, 5.74) is 1.06. The van der Waals surface area contributed by atoms with Crippen LogP contribution in [0.3, 0.4) is 0 Å². The lowest BCUT2D eigenvalue weighted by Gasteiger charge is -1.78. The summed E-state index contributed by atoms with van der Waals surface area (Å²) in [6.45, 7) is 3.94. The second kappa shape index (κ2) is 4.30. The summed E-state index contributed by atoms with van der Waals surface area (Å²) in [5, 5.41) is 0. The highest BCUT2D eigenvalue weighted by Gasteiger charge is 1.73. The van der Waals surface area contributed by atoms with Crippen LogP contribution in [0.4, 0.5) is 0 Å². The molecule has 1 nitrogen and oxygen atoms in total. The molecule has 0 rings (SSSR count). The fourth-order valence-electron chi connectivity index (χ4n) is 0.269. The molecule has 2 heteroatoms. The molecule has 0 radical (unpaired) electrons. The van der Waals surface area contributed by atoms with Gasteiger partial charge in [0.2, 0.25) is 0 Å². The average molecular weight is 209 g/mol. The Hall–Kier alpha value is 0.140. The molecule has 0 atom stereocenters. The Labute approximate surface area is 58.0 Å². The van der Waals surface area contributed by atoms with Crippen molar-refractivity contribution < 1.29 is 0 Å². The van der Waals surface area contributed by atoms with Gasteiger partial charge in [0.15, 0.2) is 0 Å². The first-order valence-electron chi connectivity index (χ1n) is 2.09. The standard InChI is InChI=1S/C5H8IN/c1-3-4-5(2)7-6/h3-4H,1-2H3/b4-3-,7-5-. The predicted molar refractivity (Wildman–Crippen MR) is 41.9 cm³/mol. The number of halogens is 1. The first kappa shape index (κ1) is 7.14. The molecule has 0 fully saturated rings. The minimum Gasteiger partial charge on any atom is -0.220 e. The van der Waals surface area contributed by atoms with Gasteiger partial charge >= 0.3 is 0 Å². The number of hydrogen-bond acceptors (Lipinski definition) is 1. The molecule has 0 aromatic heterocycles. The summed E-state index contributed by atoms with van der Waals surface area (Å²) in [5.74, 6) is 0. The fourth-order valence-corrected chi connectivity index (χ4v) is 0.430. The minimum atomic E-state index is 1.06. The van der Waals surface area contributed by atoms with Crippen molar-refractivity contribution in [3.8, 4) is 0 Å². The van der Waals surface area contributed by atoms with Crippen LogP contribution in [0.2, 0.25) is 0 Å². The predicted octanol–water partition coefficient (Wildman–Crippen LogP) is 2.37. The molecule has 0 heterocycles. The molecule has 0 spiro atoms. The second-order valence-electron chi connectivity index (χ2n) is 1.23. The van der Waals surface area contributed by atoms with E-state index in [0.717, 1.165) is 5.71 Å². The molecule has 0 aromatic rings. The molecule has 0 unspecified atom stereocenters. The van der Waals surface area contributed by atoms with Crippen LogP contribution in [0.25, 0.3) is 0 Å². The third-order valence-corrected chi connectivity index (χ3v) is 1.30. The van der Waals surface area contributed by atoms with Crippen molar-refractivity contribution >= 4 is 28.6 Å². The molecule has 0 aliphatic heterocycles. The molecule has 0 aliphatic rings. The van der Waals surface area contributed by atoms with E-state index >= 15 is 0 Å². The van der Waals surface area contributed by atoms with Gasteiger partial charge in [-0.25, -0.2) is 3.21 Å². The van der Waals surface area contributed by atoms with Crippen molar-refractivity contribution in [3.05, 3.63) is 12.2 Å². The van der Waals surface area contributed by atoms with Crippen LogP contribution < -0.4 is 0 Å². The lowest BCUT2D eigenvalue weighted by atomic mass is 10.4. The summed E-state index contributed by atoms with van der Waals surface area (Å²) < 4.78 is 3.88. The van der Waals surface area contributed by atoms with Crippen LogP contribution in [-0.2, 0) is 0 Å². The van der Waals surface area contributed by atoms with Crippen molar-refractivity contribution in [1.29, 1.82) is 0 Å². The first-order valence-corrected chi connectivity index (χ1v) is 3.06. The molecule has 0 bridgehead atoms. The Morgan fingerprint density at radius 3 is 2.43 bits per heavy atom. The molecule has 0 aliphatic carbocycles. The van der Waals surface area contributed by atoms with E-state index in [2.05, 4.69) is 3.21 Å². The Morgan fingerprint density at radius 1 is 1.71 bits per heavy atom. The zero-order valence-corrected chi connectivity index (χ0v) is 6.64. The molecule has 7 heavy (non-hydrogen) atoms. The fraction of sp³-hybridized carbons (Fsp3) is 0.400. The van der Waals surface area contributed by atoms with Crippen molar-refractivity contribution in [2.75, 3.05) is 0 Å². The second-order valence-corrected chi connectivity index (χ2v) is 1.71. The van der Waals surface area contributed by atoms with E-state index in [9.17, 15) is 0 Å². The molecule has 0 saturated heterocycles. The van der Waals surface area contributed by atoms with Crippen LogP contribution in [0.1, 0.15) is 13.8 Å². The highest BCUT2D eigenvalue weighted by Crippen LogP contribution is 1.86. The molecule has 0 saturated carbocycles. The summed E-state index contributed by atoms with van der Waals surface area (Å²) >= 11 is 1.97. The zero-order valence-electron chi connectivity index (χ0n) is 4.48. The topological polar surface area (TPSA) is 12.4 Å². The summed E-state index contributed by atoms with van der Waals surface area (Å²) in [6.07, 6.45) is 3.93. The third-order valence-electron chi connectivity index (χ3n) is 0.541. The zero-order chi connectivity index (χ0) is 5.70. The highest BCUT2D eigenvalue weighted by atomic mass is 127. The van der Waals surface area contributed by atoms with Crippen molar-refractivity contribution in [2.24, 2.45) is 3.21 Å². The Balaban J connectivity index is 3.58. The van der Waals surface area contributed by atoms with E-state index in [1.807, 2.05) is 48.9 Å². The normalized spacial score (nSPS) is 13.3. The highest BCUT2D eigenvalue weighted by molar-refractivity contribution is 14.1. The van der Waals surface area contributed by atoms with Gasteiger partial charge in [0.25, 0.3) is 0 Å². The number of hydrogen-bond donors (Lipinski definition) is 0. The molecular formula is C5H8IN. The summed E-state index contributed by atoms with van der Waals surface area (Å²) in [4.78, 5) is 0. The lowest BCUT2D eigenvalue weighted by molar-refractivity contribution is 1.72. The van der Waals surface area contributed by atoms with E-state index in [1.165, 1.54) is 0 Å². The first-order chi connectivity index (χ1) is 3.31. The quantitative estimate of drug-likeness (QED) is 0.464. The maximum Gasteiger partial charge on any atom is 0.0834 e. The van der Waals surface area contributed by atoms with Gasteiger partial charge in [0.1, 0.15) is 0 Å². The lowest BCUT2D eigenvalue weighted by Crippen LogP contribution is -1.76. The van der Waals surface area contributed by atoms with Gasteiger partial charge in [-0.3, -0.25) is 0 Å². The van der Waals surface area contributed by atoms with Crippen LogP contribution in [0.15, 0.2) is 15.4 Å². The van der Waals surface area contributed by atoms with Gasteiger partial charge in [-0.05, 0) is 19.9 Å². The van der Waals surface area contributed by atoms with Crippen molar-refractivity contribution in [2.45, 2.75) is 13.8 Å². The van der Waals surface area contributed by atoms with E-state index in [-0.39, 0.29) is 0 Å². The van der Waals surface area contributed by atoms with E-state index in [1.54, 1.807) is 0 Å². The molecule has 0 amide bonds. The molecular weight excluding hydrogens is 201 g/mol. The molecule has 0 N–H and O–H groups in total. The van der Waals surface area contributed by atoms with Crippen LogP contribution in [-0.4, -0.2) is 5.71 Å². The molecule has 40 valence electrons. The van der Waals surface area contributed by atoms with Gasteiger partial charge in [0.05, 0.1) is 22.9 Å². The SMILES string of the molecule is C/C=C\C(C)=N/I. The Kier molecular flexibility index (Phi) is 4.39. The van der Waals surface area contributed by atoms with E-state index in [0.29, 0.717) is 0 Å². The van der Waals surface area contributed by atoms with Gasteiger partial charge in [-0.15, -0.1) is 0 Å². The molecule has 0 aromatic carbocycles. The van der Waals surface area contributed by atoms with Gasteiger partial charge in [0, 0.05) is 5.71 Å². The average Bonchev–Trinajstić information content (AvgIpc) is 1.68. The maximum atomic E-state index is 3.88. The maximum absolute atomic E-state index is 3.88. The van der Waals surface area contributed by atoms with Crippen LogP contribution in [0.5, 0.6) is 0 Å². The minimum absolute atomic E-state index is 1.06. The van der Waals surface area contributed by atoms with Crippen LogP contribution in [0, 0.1) is 0 Å². The Morgan fingerprint density at radius 2 is 2.29 bits per heavy atom. The summed E-state index contributed by atoms with van der Waals surface area (Å²) in [6, 6.07) is 0. The van der Waals surface area contributed by atoms with Gasteiger partial charge < -0.3 is 0 Å². The number of rotatable bonds is 1. The van der Waals surface area contributed by atoms with Gasteiger partial charge in [-0.2, -0.15) is 0 Å². The van der Waals surface area contributed by atoms with Gasteiger partial charge in [-0.1, -0.05) is 6.08 Å². The summed E-state index contributed by atoms with van der Waals surface area (Å²) in [7, 11) is 0.